The molecule has 2 saturated heterocycles. The summed E-state index contributed by atoms with van der Waals surface area (Å²) in [6.45, 7) is 1.63. The third kappa shape index (κ3) is 4.97. The molecule has 1 aromatic heterocycles. The van der Waals surface area contributed by atoms with E-state index in [0.717, 1.165) is 30.4 Å². The summed E-state index contributed by atoms with van der Waals surface area (Å²) in [6, 6.07) is 20.0. The van der Waals surface area contributed by atoms with Crippen LogP contribution in [0.15, 0.2) is 77.9 Å². The predicted octanol–water partition coefficient (Wildman–Crippen LogP) is 3.67. The molecule has 41 heavy (non-hydrogen) atoms. The number of piperazine rings is 1. The molecule has 0 bridgehead atoms. The van der Waals surface area contributed by atoms with Gasteiger partial charge in [0, 0.05) is 49.8 Å². The van der Waals surface area contributed by atoms with Gasteiger partial charge in [-0.1, -0.05) is 67.1 Å². The van der Waals surface area contributed by atoms with Crippen LogP contribution in [0.3, 0.4) is 0 Å². The molecule has 2 aliphatic heterocycles. The Labute approximate surface area is 238 Å². The van der Waals surface area contributed by atoms with Crippen molar-refractivity contribution in [3.63, 3.8) is 0 Å². The maximum Gasteiger partial charge on any atom is 0.407 e. The fourth-order valence-electron chi connectivity index (χ4n) is 6.73. The van der Waals surface area contributed by atoms with Crippen molar-refractivity contribution in [2.75, 3.05) is 32.7 Å². The van der Waals surface area contributed by atoms with E-state index in [1.807, 2.05) is 65.6 Å². The summed E-state index contributed by atoms with van der Waals surface area (Å²) < 4.78 is 1.49. The van der Waals surface area contributed by atoms with Crippen molar-refractivity contribution >= 4 is 12.1 Å². The van der Waals surface area contributed by atoms with Gasteiger partial charge < -0.3 is 24.9 Å². The van der Waals surface area contributed by atoms with E-state index in [-0.39, 0.29) is 37.3 Å². The zero-order chi connectivity index (χ0) is 28.6. The molecule has 10 heteroatoms. The minimum Gasteiger partial charge on any atom is -0.465 e. The van der Waals surface area contributed by atoms with Gasteiger partial charge in [-0.15, -0.1) is 0 Å². The van der Waals surface area contributed by atoms with E-state index < -0.39 is 17.1 Å². The summed E-state index contributed by atoms with van der Waals surface area (Å²) in [5, 5.41) is 21.6. The third-order valence-corrected chi connectivity index (χ3v) is 9.32. The SMILES string of the molecule is O=C(O)N1CCN(C(=O)N2CCC(O)(Cn3cnc(-c4ccccc4)cc3=O)C3(CCC3)C2)[C@H](c2ccccc2)C1. The third-order valence-electron chi connectivity index (χ3n) is 9.32. The standard InChI is InChI=1S/C31H35N5O5/c37-27-18-25(23-8-3-1-4-9-23)32-22-35(27)21-31(41)14-15-34(20-30(31)12-7-13-30)28(38)36-17-16-33(29(39)40)19-26(36)24-10-5-2-6-11-24/h1-6,8-11,18,22,26,41H,7,12-17,19-21H2,(H,39,40)/t26-,31?/m0/s1. The van der Waals surface area contributed by atoms with Crippen LogP contribution in [-0.4, -0.2) is 84.9 Å². The Balaban J connectivity index is 1.21. The van der Waals surface area contributed by atoms with Crippen molar-refractivity contribution in [3.8, 4) is 11.3 Å². The number of hydrogen-bond acceptors (Lipinski definition) is 5. The zero-order valence-corrected chi connectivity index (χ0v) is 22.9. The molecule has 1 unspecified atom stereocenters. The largest absolute Gasteiger partial charge is 0.465 e. The highest BCUT2D eigenvalue weighted by molar-refractivity contribution is 5.76. The molecular formula is C31H35N5O5. The minimum atomic E-state index is -1.15. The smallest absolute Gasteiger partial charge is 0.407 e. The van der Waals surface area contributed by atoms with Gasteiger partial charge in [-0.2, -0.15) is 0 Å². The van der Waals surface area contributed by atoms with E-state index in [0.29, 0.717) is 31.7 Å². The van der Waals surface area contributed by atoms with Crippen LogP contribution in [0, 0.1) is 5.41 Å². The number of nitrogens with zero attached hydrogens (tertiary/aromatic N) is 5. The van der Waals surface area contributed by atoms with Gasteiger partial charge in [-0.25, -0.2) is 14.6 Å². The van der Waals surface area contributed by atoms with Crippen LogP contribution in [0.1, 0.15) is 37.3 Å². The molecule has 1 saturated carbocycles. The lowest BCUT2D eigenvalue weighted by molar-refractivity contribution is -0.174. The lowest BCUT2D eigenvalue weighted by Gasteiger charge is -2.59. The molecule has 2 N–H and O–H groups in total. The van der Waals surface area contributed by atoms with Crippen molar-refractivity contribution in [1.29, 1.82) is 0 Å². The number of benzene rings is 2. The summed E-state index contributed by atoms with van der Waals surface area (Å²) >= 11 is 0. The first-order chi connectivity index (χ1) is 19.8. The van der Waals surface area contributed by atoms with E-state index >= 15 is 0 Å². The Hall–Kier alpha value is -4.18. The Bertz CT molecular complexity index is 1470. The van der Waals surface area contributed by atoms with Crippen LogP contribution >= 0.6 is 0 Å². The van der Waals surface area contributed by atoms with E-state index in [4.69, 9.17) is 0 Å². The number of carbonyl (C=O) groups excluding carboxylic acids is 1. The average molecular weight is 558 g/mol. The van der Waals surface area contributed by atoms with Crippen LogP contribution in [0.5, 0.6) is 0 Å². The molecule has 3 amide bonds. The average Bonchev–Trinajstić information content (AvgIpc) is 2.98. The van der Waals surface area contributed by atoms with Crippen LogP contribution in [0.25, 0.3) is 11.3 Å². The van der Waals surface area contributed by atoms with Crippen molar-refractivity contribution in [2.45, 2.75) is 43.9 Å². The number of likely N-dealkylation sites (tertiary alicyclic amines) is 1. The van der Waals surface area contributed by atoms with E-state index in [9.17, 15) is 24.6 Å². The number of carbonyl (C=O) groups is 2. The highest BCUT2D eigenvalue weighted by atomic mass is 16.4. The molecule has 2 aromatic carbocycles. The fourth-order valence-corrected chi connectivity index (χ4v) is 6.73. The number of aliphatic hydroxyl groups is 1. The second kappa shape index (κ2) is 10.7. The van der Waals surface area contributed by atoms with Gasteiger partial charge in [-0.05, 0) is 24.8 Å². The Kier molecular flexibility index (Phi) is 7.03. The fraction of sp³-hybridized carbons (Fsp3) is 0.419. The Morgan fingerprint density at radius 3 is 2.27 bits per heavy atom. The van der Waals surface area contributed by atoms with Crippen molar-refractivity contribution < 1.29 is 19.8 Å². The molecule has 3 aliphatic rings. The molecule has 3 aromatic rings. The molecule has 3 fully saturated rings. The maximum absolute atomic E-state index is 14.0. The monoisotopic (exact) mass is 557 g/mol. The van der Waals surface area contributed by atoms with Gasteiger partial charge in [0.25, 0.3) is 5.56 Å². The number of carboxylic acid groups (broad SMARTS) is 1. The topological polar surface area (TPSA) is 119 Å². The minimum absolute atomic E-state index is 0.125. The quantitative estimate of drug-likeness (QED) is 0.505. The van der Waals surface area contributed by atoms with Gasteiger partial charge in [0.2, 0.25) is 0 Å². The van der Waals surface area contributed by atoms with Crippen molar-refractivity contribution in [2.24, 2.45) is 5.41 Å². The van der Waals surface area contributed by atoms with E-state index in [1.54, 1.807) is 4.90 Å². The van der Waals surface area contributed by atoms with Gasteiger partial charge in [0.1, 0.15) is 0 Å². The number of piperidine rings is 1. The summed E-state index contributed by atoms with van der Waals surface area (Å²) in [6.07, 6.45) is 3.36. The van der Waals surface area contributed by atoms with Crippen LogP contribution in [0.4, 0.5) is 9.59 Å². The van der Waals surface area contributed by atoms with Gasteiger partial charge in [0.05, 0.1) is 30.2 Å². The lowest BCUT2D eigenvalue weighted by Crippen LogP contribution is -2.67. The number of hydrogen-bond donors (Lipinski definition) is 2. The van der Waals surface area contributed by atoms with Gasteiger partial charge >= 0.3 is 12.1 Å². The van der Waals surface area contributed by atoms with Crippen molar-refractivity contribution in [1.82, 2.24) is 24.3 Å². The highest BCUT2D eigenvalue weighted by Crippen LogP contribution is 2.54. The Morgan fingerprint density at radius 1 is 0.927 bits per heavy atom. The van der Waals surface area contributed by atoms with Crippen LogP contribution < -0.4 is 5.56 Å². The maximum atomic E-state index is 14.0. The highest BCUT2D eigenvalue weighted by Gasteiger charge is 2.58. The number of urea groups is 1. The Morgan fingerprint density at radius 2 is 1.63 bits per heavy atom. The molecule has 10 nitrogen and oxygen atoms in total. The summed E-state index contributed by atoms with van der Waals surface area (Å²) in [4.78, 5) is 48.2. The van der Waals surface area contributed by atoms with Crippen LogP contribution in [-0.2, 0) is 6.54 Å². The molecule has 1 spiro atoms. The second-order valence-corrected chi connectivity index (χ2v) is 11.6. The first kappa shape index (κ1) is 27.0. The first-order valence-corrected chi connectivity index (χ1v) is 14.2. The second-order valence-electron chi connectivity index (χ2n) is 11.6. The summed E-state index contributed by atoms with van der Waals surface area (Å²) in [5.41, 5.74) is 0.461. The molecule has 2 atom stereocenters. The molecule has 3 heterocycles. The number of amides is 3. The number of aromatic nitrogens is 2. The normalized spacial score (nSPS) is 23.7. The van der Waals surface area contributed by atoms with Crippen molar-refractivity contribution in [3.05, 3.63) is 89.0 Å². The molecular weight excluding hydrogens is 522 g/mol. The molecule has 6 rings (SSSR count). The summed E-state index contributed by atoms with van der Waals surface area (Å²) in [5.74, 6) is 0. The zero-order valence-electron chi connectivity index (χ0n) is 22.9. The summed E-state index contributed by atoms with van der Waals surface area (Å²) in [7, 11) is 0. The predicted molar refractivity (Wildman–Crippen MR) is 152 cm³/mol. The molecule has 1 aliphatic carbocycles. The molecule has 214 valence electrons. The molecule has 0 radical (unpaired) electrons. The number of rotatable bonds is 4. The van der Waals surface area contributed by atoms with Gasteiger partial charge in [-0.3, -0.25) is 9.36 Å². The van der Waals surface area contributed by atoms with Gasteiger partial charge in [0.15, 0.2) is 0 Å². The van der Waals surface area contributed by atoms with Crippen LogP contribution in [0.2, 0.25) is 0 Å². The van der Waals surface area contributed by atoms with E-state index in [2.05, 4.69) is 4.98 Å². The van der Waals surface area contributed by atoms with E-state index in [1.165, 1.54) is 21.9 Å². The first-order valence-electron chi connectivity index (χ1n) is 14.2. The lowest BCUT2D eigenvalue weighted by atomic mass is 9.55.